The van der Waals surface area contributed by atoms with Crippen molar-refractivity contribution in [1.29, 1.82) is 0 Å². The summed E-state index contributed by atoms with van der Waals surface area (Å²) in [6.07, 6.45) is -4.34. The zero-order valence-electron chi connectivity index (χ0n) is 12.5. The first-order valence-electron chi connectivity index (χ1n) is 7.49. The Morgan fingerprint density at radius 2 is 1.21 bits per heavy atom. The van der Waals surface area contributed by atoms with Gasteiger partial charge in [-0.25, -0.2) is 4.98 Å². The van der Waals surface area contributed by atoms with Gasteiger partial charge >= 0.3 is 6.18 Å². The monoisotopic (exact) mass is 323 g/mol. The van der Waals surface area contributed by atoms with E-state index >= 15 is 0 Å². The molecule has 0 bridgehead atoms. The molecule has 3 aromatic carbocycles. The summed E-state index contributed by atoms with van der Waals surface area (Å²) in [5.41, 5.74) is 1.53. The van der Waals surface area contributed by atoms with Crippen molar-refractivity contribution in [3.05, 3.63) is 78.4 Å². The minimum absolute atomic E-state index is 0.656. The maximum atomic E-state index is 12.8. The first-order chi connectivity index (χ1) is 11.5. The number of alkyl halides is 3. The Labute approximate surface area is 136 Å². The summed E-state index contributed by atoms with van der Waals surface area (Å²) in [5, 5.41) is 3.00. The van der Waals surface area contributed by atoms with Crippen LogP contribution in [0.5, 0.6) is 0 Å². The fraction of sp³-hybridized carbons (Fsp3) is 0.0500. The van der Waals surface area contributed by atoms with Crippen LogP contribution in [0.15, 0.2) is 72.8 Å². The van der Waals surface area contributed by atoms with Gasteiger partial charge in [-0.3, -0.25) is 0 Å². The molecule has 0 N–H and O–H groups in total. The molecule has 0 saturated carbocycles. The lowest BCUT2D eigenvalue weighted by molar-refractivity contribution is -0.137. The van der Waals surface area contributed by atoms with Gasteiger partial charge in [0, 0.05) is 16.3 Å². The topological polar surface area (TPSA) is 12.9 Å². The SMILES string of the molecule is FC(F)(F)c1ccc(-c2nc3ccccc3c3ccccc23)cc1. The Kier molecular flexibility index (Phi) is 3.27. The molecule has 4 aromatic rings. The van der Waals surface area contributed by atoms with Gasteiger partial charge < -0.3 is 0 Å². The average Bonchev–Trinajstić information content (AvgIpc) is 2.60. The minimum Gasteiger partial charge on any atom is -0.247 e. The van der Waals surface area contributed by atoms with Gasteiger partial charge in [0.05, 0.1) is 16.8 Å². The predicted molar refractivity (Wildman–Crippen MR) is 89.7 cm³/mol. The number of benzene rings is 3. The number of fused-ring (bicyclic) bond motifs is 3. The van der Waals surface area contributed by atoms with Gasteiger partial charge in [-0.15, -0.1) is 0 Å². The van der Waals surface area contributed by atoms with Crippen molar-refractivity contribution in [2.75, 3.05) is 0 Å². The fourth-order valence-corrected chi connectivity index (χ4v) is 2.94. The van der Waals surface area contributed by atoms with Crippen molar-refractivity contribution in [2.45, 2.75) is 6.18 Å². The minimum atomic E-state index is -4.34. The summed E-state index contributed by atoms with van der Waals surface area (Å²) in [6.45, 7) is 0. The van der Waals surface area contributed by atoms with Crippen LogP contribution in [0.1, 0.15) is 5.56 Å². The highest BCUT2D eigenvalue weighted by molar-refractivity contribution is 6.10. The van der Waals surface area contributed by atoms with E-state index in [1.54, 1.807) is 0 Å². The Morgan fingerprint density at radius 3 is 1.88 bits per heavy atom. The Bertz CT molecular complexity index is 1030. The highest BCUT2D eigenvalue weighted by Gasteiger charge is 2.30. The van der Waals surface area contributed by atoms with E-state index in [0.717, 1.165) is 33.8 Å². The third kappa shape index (κ3) is 2.40. The second-order valence-corrected chi connectivity index (χ2v) is 5.60. The second-order valence-electron chi connectivity index (χ2n) is 5.60. The second kappa shape index (κ2) is 5.34. The molecule has 24 heavy (non-hydrogen) atoms. The largest absolute Gasteiger partial charge is 0.416 e. The predicted octanol–water partition coefficient (Wildman–Crippen LogP) is 6.07. The lowest BCUT2D eigenvalue weighted by atomic mass is 9.99. The highest BCUT2D eigenvalue weighted by Crippen LogP contribution is 2.34. The molecule has 1 heterocycles. The molecular weight excluding hydrogens is 311 g/mol. The third-order valence-corrected chi connectivity index (χ3v) is 4.09. The summed E-state index contributed by atoms with van der Waals surface area (Å²) in [5.74, 6) is 0. The van der Waals surface area contributed by atoms with Crippen LogP contribution in [-0.2, 0) is 6.18 Å². The van der Waals surface area contributed by atoms with Crippen molar-refractivity contribution in [3.8, 4) is 11.3 Å². The van der Waals surface area contributed by atoms with Gasteiger partial charge in [0.2, 0.25) is 0 Å². The van der Waals surface area contributed by atoms with Crippen LogP contribution in [0.25, 0.3) is 32.9 Å². The molecule has 0 spiro atoms. The van der Waals surface area contributed by atoms with Gasteiger partial charge in [0.1, 0.15) is 0 Å². The van der Waals surface area contributed by atoms with Crippen molar-refractivity contribution in [2.24, 2.45) is 0 Å². The average molecular weight is 323 g/mol. The van der Waals surface area contributed by atoms with Crippen molar-refractivity contribution in [3.63, 3.8) is 0 Å². The van der Waals surface area contributed by atoms with Gasteiger partial charge in [0.15, 0.2) is 0 Å². The van der Waals surface area contributed by atoms with Crippen LogP contribution in [0, 0.1) is 0 Å². The molecule has 0 aliphatic carbocycles. The van der Waals surface area contributed by atoms with Crippen LogP contribution in [0.3, 0.4) is 0 Å². The third-order valence-electron chi connectivity index (χ3n) is 4.09. The molecule has 1 nitrogen and oxygen atoms in total. The lowest BCUT2D eigenvalue weighted by Gasteiger charge is -2.11. The molecule has 0 aliphatic rings. The Morgan fingerprint density at radius 1 is 0.625 bits per heavy atom. The first-order valence-corrected chi connectivity index (χ1v) is 7.49. The molecule has 0 radical (unpaired) electrons. The molecule has 0 saturated heterocycles. The van der Waals surface area contributed by atoms with Crippen molar-refractivity contribution < 1.29 is 13.2 Å². The summed E-state index contributed by atoms with van der Waals surface area (Å²) in [6, 6.07) is 20.7. The van der Waals surface area contributed by atoms with Crippen LogP contribution < -0.4 is 0 Å². The van der Waals surface area contributed by atoms with E-state index in [0.29, 0.717) is 11.3 Å². The number of para-hydroxylation sites is 1. The van der Waals surface area contributed by atoms with Gasteiger partial charge in [-0.2, -0.15) is 13.2 Å². The van der Waals surface area contributed by atoms with Crippen LogP contribution >= 0.6 is 0 Å². The number of nitrogens with zero attached hydrogens (tertiary/aromatic N) is 1. The number of hydrogen-bond acceptors (Lipinski definition) is 1. The summed E-state index contributed by atoms with van der Waals surface area (Å²) >= 11 is 0. The van der Waals surface area contributed by atoms with E-state index in [9.17, 15) is 13.2 Å². The van der Waals surface area contributed by atoms with E-state index in [-0.39, 0.29) is 0 Å². The number of pyridine rings is 1. The van der Waals surface area contributed by atoms with E-state index in [2.05, 4.69) is 4.98 Å². The van der Waals surface area contributed by atoms with Crippen LogP contribution in [-0.4, -0.2) is 4.98 Å². The highest BCUT2D eigenvalue weighted by atomic mass is 19.4. The molecular formula is C20H12F3N. The normalized spacial score (nSPS) is 12.0. The fourth-order valence-electron chi connectivity index (χ4n) is 2.94. The smallest absolute Gasteiger partial charge is 0.247 e. The van der Waals surface area contributed by atoms with Crippen LogP contribution in [0.2, 0.25) is 0 Å². The molecule has 0 atom stereocenters. The van der Waals surface area contributed by atoms with E-state index in [1.807, 2.05) is 48.5 Å². The molecule has 1 aromatic heterocycles. The van der Waals surface area contributed by atoms with Gasteiger partial charge in [-0.05, 0) is 23.6 Å². The van der Waals surface area contributed by atoms with E-state index in [1.165, 1.54) is 12.1 Å². The molecule has 118 valence electrons. The summed E-state index contributed by atoms with van der Waals surface area (Å²) in [7, 11) is 0. The molecule has 4 heteroatoms. The van der Waals surface area contributed by atoms with Crippen molar-refractivity contribution >= 4 is 21.7 Å². The Balaban J connectivity index is 1.98. The number of hydrogen-bond donors (Lipinski definition) is 0. The summed E-state index contributed by atoms with van der Waals surface area (Å²) < 4.78 is 38.3. The van der Waals surface area contributed by atoms with Crippen molar-refractivity contribution in [1.82, 2.24) is 4.98 Å². The van der Waals surface area contributed by atoms with Crippen LogP contribution in [0.4, 0.5) is 13.2 Å². The Hall–Kier alpha value is -2.88. The molecule has 0 fully saturated rings. The quantitative estimate of drug-likeness (QED) is 0.387. The standard InChI is InChI=1S/C20H12F3N/c21-20(22,23)14-11-9-13(10-12-14)19-17-7-2-1-5-15(17)16-6-3-4-8-18(16)24-19/h1-12H. The van der Waals surface area contributed by atoms with E-state index < -0.39 is 11.7 Å². The molecule has 0 aliphatic heterocycles. The maximum absolute atomic E-state index is 12.8. The molecule has 0 unspecified atom stereocenters. The van der Waals surface area contributed by atoms with Gasteiger partial charge in [-0.1, -0.05) is 54.6 Å². The van der Waals surface area contributed by atoms with Gasteiger partial charge in [0.25, 0.3) is 0 Å². The number of halogens is 3. The maximum Gasteiger partial charge on any atom is 0.416 e. The van der Waals surface area contributed by atoms with E-state index in [4.69, 9.17) is 0 Å². The zero-order chi connectivity index (χ0) is 16.7. The number of rotatable bonds is 1. The summed E-state index contributed by atoms with van der Waals surface area (Å²) in [4.78, 5) is 4.68. The molecule has 4 rings (SSSR count). The molecule has 0 amide bonds. The zero-order valence-corrected chi connectivity index (χ0v) is 12.5. The lowest BCUT2D eigenvalue weighted by Crippen LogP contribution is -2.04. The first kappa shape index (κ1) is 14.7. The number of aromatic nitrogens is 1.